The third kappa shape index (κ3) is 3.68. The Hall–Kier alpha value is -0.0400. The molecule has 0 saturated heterocycles. The van der Waals surface area contributed by atoms with Crippen LogP contribution in [-0.4, -0.2) is 25.0 Å². The van der Waals surface area contributed by atoms with Crippen LogP contribution in [0, 0.1) is 11.8 Å². The smallest absolute Gasteiger partial charge is 0.00893 e. The summed E-state index contributed by atoms with van der Waals surface area (Å²) in [6, 6.07) is 0.864. The molecule has 0 atom stereocenters. The summed E-state index contributed by atoms with van der Waals surface area (Å²) < 4.78 is 0. The van der Waals surface area contributed by atoms with Crippen molar-refractivity contribution in [3.63, 3.8) is 0 Å². The van der Waals surface area contributed by atoms with Gasteiger partial charge in [-0.15, -0.1) is 0 Å². The van der Waals surface area contributed by atoms with E-state index < -0.39 is 0 Å². The van der Waals surface area contributed by atoms with E-state index in [0.29, 0.717) is 0 Å². The quantitative estimate of drug-likeness (QED) is 0.649. The molecule has 1 rings (SSSR count). The Morgan fingerprint density at radius 1 is 1.08 bits per heavy atom. The summed E-state index contributed by atoms with van der Waals surface area (Å²) in [5.74, 6) is 1.91. The fraction of sp³-hybridized carbons (Fsp3) is 1.00. The maximum atomic E-state index is 2.39. The summed E-state index contributed by atoms with van der Waals surface area (Å²) in [7, 11) is 4.43. The van der Waals surface area contributed by atoms with Gasteiger partial charge in [-0.3, -0.25) is 0 Å². The summed E-state index contributed by atoms with van der Waals surface area (Å²) >= 11 is 0. The summed E-state index contributed by atoms with van der Waals surface area (Å²) in [6.07, 6.45) is 7.21. The van der Waals surface area contributed by atoms with Crippen molar-refractivity contribution in [3.05, 3.63) is 0 Å². The summed E-state index contributed by atoms with van der Waals surface area (Å²) in [5.41, 5.74) is 0. The van der Waals surface area contributed by atoms with Crippen molar-refractivity contribution in [2.24, 2.45) is 11.8 Å². The number of rotatable bonds is 3. The van der Waals surface area contributed by atoms with Gasteiger partial charge in [0.25, 0.3) is 0 Å². The van der Waals surface area contributed by atoms with Gasteiger partial charge in [0, 0.05) is 6.04 Å². The van der Waals surface area contributed by atoms with Crippen molar-refractivity contribution in [1.29, 1.82) is 0 Å². The van der Waals surface area contributed by atoms with Crippen LogP contribution in [0.1, 0.15) is 46.0 Å². The van der Waals surface area contributed by atoms with Gasteiger partial charge in [0.2, 0.25) is 0 Å². The predicted molar refractivity (Wildman–Crippen MR) is 58.9 cm³/mol. The fourth-order valence-corrected chi connectivity index (χ4v) is 2.56. The molecule has 0 amide bonds. The van der Waals surface area contributed by atoms with Crippen molar-refractivity contribution in [3.8, 4) is 0 Å². The molecule has 0 bridgehead atoms. The van der Waals surface area contributed by atoms with Gasteiger partial charge in [0.05, 0.1) is 0 Å². The van der Waals surface area contributed by atoms with E-state index in [4.69, 9.17) is 0 Å². The average Bonchev–Trinajstić information content (AvgIpc) is 2.04. The van der Waals surface area contributed by atoms with Crippen LogP contribution in [-0.2, 0) is 0 Å². The lowest BCUT2D eigenvalue weighted by molar-refractivity contribution is 0.181. The molecule has 0 aromatic heterocycles. The molecule has 13 heavy (non-hydrogen) atoms. The zero-order valence-electron chi connectivity index (χ0n) is 9.71. The Morgan fingerprint density at radius 2 is 1.62 bits per heavy atom. The van der Waals surface area contributed by atoms with Gasteiger partial charge in [-0.1, -0.05) is 13.8 Å². The molecule has 0 aromatic carbocycles. The minimum absolute atomic E-state index is 0.864. The highest BCUT2D eigenvalue weighted by atomic mass is 15.1. The maximum Gasteiger partial charge on any atom is 0.00893 e. The third-order valence-electron chi connectivity index (χ3n) is 3.35. The lowest BCUT2D eigenvalue weighted by Crippen LogP contribution is -2.32. The molecule has 0 radical (unpaired) electrons. The molecular weight excluding hydrogens is 158 g/mol. The Morgan fingerprint density at radius 3 is 2.00 bits per heavy atom. The summed E-state index contributed by atoms with van der Waals surface area (Å²) in [5, 5.41) is 0. The van der Waals surface area contributed by atoms with Crippen LogP contribution in [0.3, 0.4) is 0 Å². The predicted octanol–water partition coefficient (Wildman–Crippen LogP) is 3.15. The minimum atomic E-state index is 0.864. The normalized spacial score (nSPS) is 30.0. The average molecular weight is 183 g/mol. The van der Waals surface area contributed by atoms with Crippen LogP contribution < -0.4 is 0 Å². The first-order valence-corrected chi connectivity index (χ1v) is 5.76. The highest BCUT2D eigenvalue weighted by Gasteiger charge is 2.22. The first-order chi connectivity index (χ1) is 6.09. The van der Waals surface area contributed by atoms with Crippen molar-refractivity contribution in [2.45, 2.75) is 52.0 Å². The van der Waals surface area contributed by atoms with Gasteiger partial charge < -0.3 is 4.90 Å². The van der Waals surface area contributed by atoms with Gasteiger partial charge in [-0.05, 0) is 58.0 Å². The molecule has 1 saturated carbocycles. The van der Waals surface area contributed by atoms with Crippen molar-refractivity contribution in [2.75, 3.05) is 14.1 Å². The zero-order valence-corrected chi connectivity index (χ0v) is 9.71. The van der Waals surface area contributed by atoms with E-state index in [2.05, 4.69) is 32.8 Å². The van der Waals surface area contributed by atoms with Crippen LogP contribution in [0.5, 0.6) is 0 Å². The molecular formula is C12H25N. The number of hydrogen-bond acceptors (Lipinski definition) is 1. The Labute approximate surface area is 83.5 Å². The minimum Gasteiger partial charge on any atom is -0.306 e. The van der Waals surface area contributed by atoms with Gasteiger partial charge >= 0.3 is 0 Å². The summed E-state index contributed by atoms with van der Waals surface area (Å²) in [6.45, 7) is 4.69. The van der Waals surface area contributed by atoms with Crippen LogP contribution in [0.2, 0.25) is 0 Å². The van der Waals surface area contributed by atoms with Crippen molar-refractivity contribution in [1.82, 2.24) is 4.90 Å². The van der Waals surface area contributed by atoms with Crippen LogP contribution in [0.25, 0.3) is 0 Å². The largest absolute Gasteiger partial charge is 0.306 e. The number of nitrogens with zero attached hydrogens (tertiary/aromatic N) is 1. The highest BCUT2D eigenvalue weighted by Crippen LogP contribution is 2.30. The molecule has 78 valence electrons. The SMILES string of the molecule is CC(C)CC1CCC(N(C)C)CC1. The maximum absolute atomic E-state index is 2.39. The monoisotopic (exact) mass is 183 g/mol. The van der Waals surface area contributed by atoms with E-state index in [-0.39, 0.29) is 0 Å². The standard InChI is InChI=1S/C12H25N/c1-10(2)9-11-5-7-12(8-6-11)13(3)4/h10-12H,5-9H2,1-4H3. The Bertz CT molecular complexity index is 132. The van der Waals surface area contributed by atoms with E-state index >= 15 is 0 Å². The first kappa shape index (κ1) is 11.0. The number of hydrogen-bond donors (Lipinski definition) is 0. The van der Waals surface area contributed by atoms with Gasteiger partial charge in [0.1, 0.15) is 0 Å². The molecule has 0 aliphatic heterocycles. The molecule has 0 N–H and O–H groups in total. The Balaban J connectivity index is 2.22. The van der Waals surface area contributed by atoms with Crippen LogP contribution in [0.4, 0.5) is 0 Å². The summed E-state index contributed by atoms with van der Waals surface area (Å²) in [4.78, 5) is 2.39. The van der Waals surface area contributed by atoms with Crippen LogP contribution >= 0.6 is 0 Å². The molecule has 1 nitrogen and oxygen atoms in total. The van der Waals surface area contributed by atoms with E-state index in [1.807, 2.05) is 0 Å². The molecule has 1 heteroatoms. The first-order valence-electron chi connectivity index (χ1n) is 5.76. The van der Waals surface area contributed by atoms with E-state index in [9.17, 15) is 0 Å². The molecule has 0 spiro atoms. The molecule has 0 unspecified atom stereocenters. The van der Waals surface area contributed by atoms with Gasteiger partial charge in [-0.25, -0.2) is 0 Å². The second-order valence-electron chi connectivity index (χ2n) is 5.27. The molecule has 1 aliphatic rings. The van der Waals surface area contributed by atoms with Crippen LogP contribution in [0.15, 0.2) is 0 Å². The lowest BCUT2D eigenvalue weighted by Gasteiger charge is -2.33. The molecule has 1 aliphatic carbocycles. The van der Waals surface area contributed by atoms with Crippen molar-refractivity contribution < 1.29 is 0 Å². The van der Waals surface area contributed by atoms with Crippen molar-refractivity contribution >= 4 is 0 Å². The van der Waals surface area contributed by atoms with Gasteiger partial charge in [0.15, 0.2) is 0 Å². The topological polar surface area (TPSA) is 3.24 Å². The zero-order chi connectivity index (χ0) is 9.84. The third-order valence-corrected chi connectivity index (χ3v) is 3.35. The molecule has 0 aromatic rings. The fourth-order valence-electron chi connectivity index (χ4n) is 2.56. The van der Waals surface area contributed by atoms with E-state index in [0.717, 1.165) is 17.9 Å². The molecule has 1 fully saturated rings. The second-order valence-corrected chi connectivity index (χ2v) is 5.27. The van der Waals surface area contributed by atoms with E-state index in [1.165, 1.54) is 32.1 Å². The van der Waals surface area contributed by atoms with E-state index in [1.54, 1.807) is 0 Å². The lowest BCUT2D eigenvalue weighted by atomic mass is 9.81. The van der Waals surface area contributed by atoms with Gasteiger partial charge in [-0.2, -0.15) is 0 Å². The Kier molecular flexibility index (Phi) is 4.24. The molecule has 0 heterocycles. The highest BCUT2D eigenvalue weighted by molar-refractivity contribution is 4.77. The second kappa shape index (κ2) is 4.99.